The van der Waals surface area contributed by atoms with E-state index in [0.717, 1.165) is 27.6 Å². The summed E-state index contributed by atoms with van der Waals surface area (Å²) in [7, 11) is 0. The molecular weight excluding hydrogens is 445 g/mol. The van der Waals surface area contributed by atoms with Gasteiger partial charge in [0.2, 0.25) is 0 Å². The third-order valence-electron chi connectivity index (χ3n) is 4.33. The lowest BCUT2D eigenvalue weighted by Gasteiger charge is -2.13. The van der Waals surface area contributed by atoms with Gasteiger partial charge in [0.15, 0.2) is 5.09 Å². The molecule has 8 heteroatoms. The van der Waals surface area contributed by atoms with Gasteiger partial charge in [0.05, 0.1) is 11.4 Å². The normalized spacial score (nSPS) is 15.4. The number of rotatable bonds is 5. The van der Waals surface area contributed by atoms with Crippen LogP contribution in [0.2, 0.25) is 5.02 Å². The lowest BCUT2D eigenvalue weighted by atomic mass is 10.2. The second kappa shape index (κ2) is 8.71. The topological polar surface area (TPSA) is 50.5 Å². The predicted molar refractivity (Wildman–Crippen MR) is 117 cm³/mol. The molecule has 1 aliphatic rings. The molecule has 0 unspecified atom stereocenters. The standard InChI is InChI=1S/C22H15ClFNO3S2/c1-13-2-7-17(8-3-13)29-20-9-6-16(28-20)11-19-21(26)25(22(27)30-19)12-14-4-5-15(24)10-18(14)23/h2-11H,12H2,1H3. The summed E-state index contributed by atoms with van der Waals surface area (Å²) in [5.41, 5.74) is 1.67. The molecule has 0 radical (unpaired) electrons. The van der Waals surface area contributed by atoms with Gasteiger partial charge in [-0.2, -0.15) is 0 Å². The number of imide groups is 1. The molecule has 1 saturated heterocycles. The van der Waals surface area contributed by atoms with Crippen LogP contribution in [-0.4, -0.2) is 16.0 Å². The van der Waals surface area contributed by atoms with Gasteiger partial charge in [-0.3, -0.25) is 14.5 Å². The van der Waals surface area contributed by atoms with Crippen molar-refractivity contribution in [2.75, 3.05) is 0 Å². The Labute approximate surface area is 186 Å². The minimum absolute atomic E-state index is 0.0200. The smallest absolute Gasteiger partial charge is 0.293 e. The lowest BCUT2D eigenvalue weighted by molar-refractivity contribution is -0.123. The average molecular weight is 460 g/mol. The number of carbonyl (C=O) groups is 2. The van der Waals surface area contributed by atoms with Crippen molar-refractivity contribution in [3.8, 4) is 0 Å². The van der Waals surface area contributed by atoms with E-state index in [1.165, 1.54) is 29.5 Å². The molecule has 2 amide bonds. The van der Waals surface area contributed by atoms with Crippen LogP contribution in [0.3, 0.4) is 0 Å². The first kappa shape index (κ1) is 20.8. The highest BCUT2D eigenvalue weighted by atomic mass is 35.5. The van der Waals surface area contributed by atoms with Crippen molar-refractivity contribution in [2.24, 2.45) is 0 Å². The Morgan fingerprint density at radius 2 is 1.90 bits per heavy atom. The van der Waals surface area contributed by atoms with Crippen molar-refractivity contribution in [2.45, 2.75) is 23.5 Å². The quantitative estimate of drug-likeness (QED) is 0.394. The van der Waals surface area contributed by atoms with E-state index in [2.05, 4.69) is 0 Å². The first-order valence-corrected chi connectivity index (χ1v) is 10.9. The lowest BCUT2D eigenvalue weighted by Crippen LogP contribution is -2.27. The van der Waals surface area contributed by atoms with E-state index in [-0.39, 0.29) is 16.5 Å². The molecule has 4 rings (SSSR count). The Morgan fingerprint density at radius 3 is 2.63 bits per heavy atom. The molecule has 30 heavy (non-hydrogen) atoms. The summed E-state index contributed by atoms with van der Waals surface area (Å²) < 4.78 is 19.0. The molecule has 3 aromatic rings. The van der Waals surface area contributed by atoms with Gasteiger partial charge in [0.1, 0.15) is 11.6 Å². The number of hydrogen-bond donors (Lipinski definition) is 0. The second-order valence-corrected chi connectivity index (χ2v) is 9.05. The number of aryl methyl sites for hydroxylation is 1. The van der Waals surface area contributed by atoms with Gasteiger partial charge in [-0.15, -0.1) is 0 Å². The first-order valence-electron chi connectivity index (χ1n) is 8.93. The maximum absolute atomic E-state index is 13.2. The predicted octanol–water partition coefficient (Wildman–Crippen LogP) is 6.77. The molecule has 0 saturated carbocycles. The van der Waals surface area contributed by atoms with Crippen molar-refractivity contribution in [1.29, 1.82) is 0 Å². The van der Waals surface area contributed by atoms with Crippen LogP contribution in [0.1, 0.15) is 16.9 Å². The van der Waals surface area contributed by atoms with E-state index in [4.69, 9.17) is 16.0 Å². The molecule has 1 aliphatic heterocycles. The maximum atomic E-state index is 13.2. The van der Waals surface area contributed by atoms with Crippen LogP contribution in [0, 0.1) is 12.7 Å². The summed E-state index contributed by atoms with van der Waals surface area (Å²) in [6, 6.07) is 15.5. The molecule has 1 fully saturated rings. The van der Waals surface area contributed by atoms with Crippen molar-refractivity contribution in [3.63, 3.8) is 0 Å². The molecule has 4 nitrogen and oxygen atoms in total. The van der Waals surface area contributed by atoms with Crippen LogP contribution in [-0.2, 0) is 11.3 Å². The summed E-state index contributed by atoms with van der Waals surface area (Å²) in [5.74, 6) is -0.431. The molecule has 0 spiro atoms. The van der Waals surface area contributed by atoms with Gasteiger partial charge >= 0.3 is 0 Å². The summed E-state index contributed by atoms with van der Waals surface area (Å²) >= 11 is 8.32. The zero-order valence-corrected chi connectivity index (χ0v) is 18.1. The number of carbonyl (C=O) groups excluding carboxylic acids is 2. The molecule has 0 bridgehead atoms. The fourth-order valence-corrected chi connectivity index (χ4v) is 4.60. The molecule has 0 N–H and O–H groups in total. The Balaban J connectivity index is 1.48. The largest absolute Gasteiger partial charge is 0.450 e. The Bertz CT molecular complexity index is 1160. The molecule has 2 aromatic carbocycles. The fraction of sp³-hybridized carbons (Fsp3) is 0.0909. The van der Waals surface area contributed by atoms with Crippen LogP contribution in [0.4, 0.5) is 9.18 Å². The van der Waals surface area contributed by atoms with E-state index in [1.54, 1.807) is 12.1 Å². The Morgan fingerprint density at radius 1 is 1.13 bits per heavy atom. The number of benzene rings is 2. The Kier molecular flexibility index (Phi) is 6.04. The third kappa shape index (κ3) is 4.64. The van der Waals surface area contributed by atoms with Crippen molar-refractivity contribution in [3.05, 3.63) is 87.2 Å². The minimum atomic E-state index is -0.477. The van der Waals surface area contributed by atoms with E-state index in [1.807, 2.05) is 37.3 Å². The third-order valence-corrected chi connectivity index (χ3v) is 6.52. The molecule has 0 aliphatic carbocycles. The first-order chi connectivity index (χ1) is 14.4. The van der Waals surface area contributed by atoms with Gasteiger partial charge in [0, 0.05) is 16.0 Å². The van der Waals surface area contributed by atoms with Crippen LogP contribution < -0.4 is 0 Å². The SMILES string of the molecule is Cc1ccc(Sc2ccc(C=C3SC(=O)N(Cc4ccc(F)cc4Cl)C3=O)o2)cc1. The fourth-order valence-electron chi connectivity index (χ4n) is 2.78. The minimum Gasteiger partial charge on any atom is -0.450 e. The summed E-state index contributed by atoms with van der Waals surface area (Å²) in [6.07, 6.45) is 1.55. The highest BCUT2D eigenvalue weighted by Gasteiger charge is 2.35. The Hall–Kier alpha value is -2.48. The highest BCUT2D eigenvalue weighted by molar-refractivity contribution is 8.18. The number of furan rings is 1. The molecular formula is C22H15ClFNO3S2. The van der Waals surface area contributed by atoms with Crippen LogP contribution in [0.15, 0.2) is 73.9 Å². The maximum Gasteiger partial charge on any atom is 0.293 e. The highest BCUT2D eigenvalue weighted by Crippen LogP contribution is 2.36. The van der Waals surface area contributed by atoms with E-state index in [9.17, 15) is 14.0 Å². The second-order valence-electron chi connectivity index (χ2n) is 6.58. The van der Waals surface area contributed by atoms with E-state index >= 15 is 0 Å². The summed E-state index contributed by atoms with van der Waals surface area (Å²) in [4.78, 5) is 27.4. The van der Waals surface area contributed by atoms with Crippen LogP contribution >= 0.6 is 35.1 Å². The van der Waals surface area contributed by atoms with Gasteiger partial charge in [0.25, 0.3) is 11.1 Å². The average Bonchev–Trinajstić information content (AvgIpc) is 3.25. The van der Waals surface area contributed by atoms with Gasteiger partial charge in [-0.05, 0) is 60.6 Å². The molecule has 1 aromatic heterocycles. The molecule has 0 atom stereocenters. The van der Waals surface area contributed by atoms with Crippen molar-refractivity contribution >= 4 is 52.3 Å². The van der Waals surface area contributed by atoms with Gasteiger partial charge < -0.3 is 4.42 Å². The zero-order chi connectivity index (χ0) is 21.3. The summed E-state index contributed by atoms with van der Waals surface area (Å²) in [5, 5.41) is 0.441. The zero-order valence-electron chi connectivity index (χ0n) is 15.7. The number of amides is 2. The van der Waals surface area contributed by atoms with Crippen LogP contribution in [0.25, 0.3) is 6.08 Å². The number of hydrogen-bond acceptors (Lipinski definition) is 5. The number of thioether (sulfide) groups is 1. The van der Waals surface area contributed by atoms with Crippen molar-refractivity contribution < 1.29 is 18.4 Å². The van der Waals surface area contributed by atoms with E-state index in [0.29, 0.717) is 16.4 Å². The van der Waals surface area contributed by atoms with Gasteiger partial charge in [-0.25, -0.2) is 4.39 Å². The van der Waals surface area contributed by atoms with Crippen LogP contribution in [0.5, 0.6) is 0 Å². The van der Waals surface area contributed by atoms with E-state index < -0.39 is 17.0 Å². The van der Waals surface area contributed by atoms with Gasteiger partial charge in [-0.1, -0.05) is 47.1 Å². The number of halogens is 2. The summed E-state index contributed by atoms with van der Waals surface area (Å²) in [6.45, 7) is 2.00. The molecule has 2 heterocycles. The molecule has 152 valence electrons. The monoisotopic (exact) mass is 459 g/mol. The number of nitrogens with zero attached hydrogens (tertiary/aromatic N) is 1. The van der Waals surface area contributed by atoms with Crippen molar-refractivity contribution in [1.82, 2.24) is 4.90 Å².